The summed E-state index contributed by atoms with van der Waals surface area (Å²) in [5.41, 5.74) is 0. The standard InChI is InChI=1S/C16H30O4/c1-7-10(3)9-12-14-13(19-16(4,5)20-14)11(8-2)15(17-6)18-12/h10-15H,7-9H2,1-6H3. The summed E-state index contributed by atoms with van der Waals surface area (Å²) >= 11 is 0. The Kier molecular flexibility index (Phi) is 5.11. The van der Waals surface area contributed by atoms with Crippen molar-refractivity contribution in [3.63, 3.8) is 0 Å². The van der Waals surface area contributed by atoms with Gasteiger partial charge in [-0.1, -0.05) is 27.2 Å². The van der Waals surface area contributed by atoms with Crippen molar-refractivity contribution in [2.24, 2.45) is 11.8 Å². The van der Waals surface area contributed by atoms with Crippen LogP contribution < -0.4 is 0 Å². The Hall–Kier alpha value is -0.160. The van der Waals surface area contributed by atoms with Gasteiger partial charge in [0.1, 0.15) is 6.10 Å². The van der Waals surface area contributed by atoms with Gasteiger partial charge in [-0.2, -0.15) is 0 Å². The fraction of sp³-hybridized carbons (Fsp3) is 1.00. The molecule has 2 rings (SSSR count). The van der Waals surface area contributed by atoms with Gasteiger partial charge >= 0.3 is 0 Å². The van der Waals surface area contributed by atoms with Gasteiger partial charge < -0.3 is 18.9 Å². The van der Waals surface area contributed by atoms with Crippen LogP contribution in [-0.2, 0) is 18.9 Å². The van der Waals surface area contributed by atoms with Crippen molar-refractivity contribution in [2.75, 3.05) is 7.11 Å². The second-order valence-electron chi connectivity index (χ2n) is 6.66. The third-order valence-corrected chi connectivity index (χ3v) is 4.65. The molecule has 0 aromatic heterocycles. The maximum absolute atomic E-state index is 6.19. The van der Waals surface area contributed by atoms with E-state index < -0.39 is 5.79 Å². The molecule has 0 spiro atoms. The molecule has 0 aromatic carbocycles. The Balaban J connectivity index is 2.18. The van der Waals surface area contributed by atoms with Crippen molar-refractivity contribution in [3.05, 3.63) is 0 Å². The highest BCUT2D eigenvalue weighted by Gasteiger charge is 2.54. The van der Waals surface area contributed by atoms with Crippen molar-refractivity contribution in [1.29, 1.82) is 0 Å². The normalized spacial score (nSPS) is 41.4. The number of ether oxygens (including phenoxy) is 4. The monoisotopic (exact) mass is 286 g/mol. The Morgan fingerprint density at radius 1 is 1.15 bits per heavy atom. The molecule has 2 aliphatic heterocycles. The molecule has 6 unspecified atom stereocenters. The van der Waals surface area contributed by atoms with E-state index in [0.717, 1.165) is 19.3 Å². The van der Waals surface area contributed by atoms with E-state index in [1.54, 1.807) is 7.11 Å². The lowest BCUT2D eigenvalue weighted by Crippen LogP contribution is -2.53. The second-order valence-corrected chi connectivity index (χ2v) is 6.66. The van der Waals surface area contributed by atoms with Crippen LogP contribution in [0.15, 0.2) is 0 Å². The SMILES string of the molecule is CCC(C)CC1OC(OC)C(CC)C2OC(C)(C)OC12. The molecule has 0 bridgehead atoms. The molecule has 6 atom stereocenters. The molecule has 20 heavy (non-hydrogen) atoms. The average Bonchev–Trinajstić information content (AvgIpc) is 2.73. The van der Waals surface area contributed by atoms with Gasteiger partial charge in [0.25, 0.3) is 0 Å². The first-order chi connectivity index (χ1) is 9.41. The fourth-order valence-electron chi connectivity index (χ4n) is 3.35. The van der Waals surface area contributed by atoms with Crippen LogP contribution in [-0.4, -0.2) is 37.5 Å². The van der Waals surface area contributed by atoms with Crippen molar-refractivity contribution < 1.29 is 18.9 Å². The summed E-state index contributed by atoms with van der Waals surface area (Å²) in [5.74, 6) is 0.325. The zero-order valence-electron chi connectivity index (χ0n) is 13.7. The average molecular weight is 286 g/mol. The molecule has 0 N–H and O–H groups in total. The summed E-state index contributed by atoms with van der Waals surface area (Å²) in [6, 6.07) is 0. The van der Waals surface area contributed by atoms with E-state index >= 15 is 0 Å². The fourth-order valence-corrected chi connectivity index (χ4v) is 3.35. The van der Waals surface area contributed by atoms with E-state index in [4.69, 9.17) is 18.9 Å². The molecule has 0 aliphatic carbocycles. The zero-order valence-corrected chi connectivity index (χ0v) is 13.7. The van der Waals surface area contributed by atoms with Gasteiger partial charge in [0.05, 0.1) is 12.2 Å². The van der Waals surface area contributed by atoms with E-state index in [2.05, 4.69) is 20.8 Å². The van der Waals surface area contributed by atoms with Gasteiger partial charge in [-0.25, -0.2) is 0 Å². The molecule has 118 valence electrons. The van der Waals surface area contributed by atoms with Gasteiger partial charge in [-0.3, -0.25) is 0 Å². The summed E-state index contributed by atoms with van der Waals surface area (Å²) in [6.07, 6.45) is 3.08. The first-order valence-corrected chi connectivity index (χ1v) is 7.95. The van der Waals surface area contributed by atoms with Crippen molar-refractivity contribution >= 4 is 0 Å². The van der Waals surface area contributed by atoms with Gasteiger partial charge in [0, 0.05) is 13.0 Å². The van der Waals surface area contributed by atoms with Crippen LogP contribution in [0.1, 0.15) is 53.9 Å². The smallest absolute Gasteiger partial charge is 0.163 e. The van der Waals surface area contributed by atoms with Gasteiger partial charge in [0.15, 0.2) is 12.1 Å². The number of hydrogen-bond donors (Lipinski definition) is 0. The Morgan fingerprint density at radius 2 is 1.80 bits per heavy atom. The lowest BCUT2D eigenvalue weighted by Gasteiger charge is -2.42. The lowest BCUT2D eigenvalue weighted by molar-refractivity contribution is -0.254. The third kappa shape index (κ3) is 3.19. The summed E-state index contributed by atoms with van der Waals surface area (Å²) in [5, 5.41) is 0. The lowest BCUT2D eigenvalue weighted by atomic mass is 9.85. The molecule has 4 nitrogen and oxygen atoms in total. The van der Waals surface area contributed by atoms with Crippen molar-refractivity contribution in [3.8, 4) is 0 Å². The van der Waals surface area contributed by atoms with E-state index in [1.807, 2.05) is 13.8 Å². The Bertz CT molecular complexity index is 318. The minimum Gasteiger partial charge on any atom is -0.355 e. The highest BCUT2D eigenvalue weighted by Crippen LogP contribution is 2.43. The zero-order chi connectivity index (χ0) is 14.9. The van der Waals surface area contributed by atoms with Crippen LogP contribution in [0.2, 0.25) is 0 Å². The number of rotatable bonds is 5. The molecule has 2 heterocycles. The topological polar surface area (TPSA) is 36.9 Å². The molecule has 2 fully saturated rings. The predicted molar refractivity (Wildman–Crippen MR) is 77.3 cm³/mol. The van der Waals surface area contributed by atoms with Crippen LogP contribution in [0.25, 0.3) is 0 Å². The largest absolute Gasteiger partial charge is 0.355 e. The molecular formula is C16H30O4. The van der Waals surface area contributed by atoms with Crippen LogP contribution in [0, 0.1) is 11.8 Å². The first kappa shape index (κ1) is 16.2. The summed E-state index contributed by atoms with van der Waals surface area (Å²) in [4.78, 5) is 0. The molecule has 0 radical (unpaired) electrons. The van der Waals surface area contributed by atoms with E-state index in [9.17, 15) is 0 Å². The number of hydrogen-bond acceptors (Lipinski definition) is 4. The molecule has 2 saturated heterocycles. The van der Waals surface area contributed by atoms with Crippen LogP contribution >= 0.6 is 0 Å². The Labute approximate surface area is 123 Å². The van der Waals surface area contributed by atoms with Gasteiger partial charge in [-0.15, -0.1) is 0 Å². The third-order valence-electron chi connectivity index (χ3n) is 4.65. The van der Waals surface area contributed by atoms with Crippen LogP contribution in [0.4, 0.5) is 0 Å². The van der Waals surface area contributed by atoms with Crippen molar-refractivity contribution in [2.45, 2.75) is 84.3 Å². The van der Waals surface area contributed by atoms with E-state index in [1.165, 1.54) is 0 Å². The number of methoxy groups -OCH3 is 1. The first-order valence-electron chi connectivity index (χ1n) is 7.95. The van der Waals surface area contributed by atoms with Crippen LogP contribution in [0.5, 0.6) is 0 Å². The summed E-state index contributed by atoms with van der Waals surface area (Å²) in [6.45, 7) is 10.6. The highest BCUT2D eigenvalue weighted by atomic mass is 16.8. The summed E-state index contributed by atoms with van der Waals surface area (Å²) < 4.78 is 24.0. The van der Waals surface area contributed by atoms with Gasteiger partial charge in [-0.05, 0) is 32.6 Å². The van der Waals surface area contributed by atoms with Crippen molar-refractivity contribution in [1.82, 2.24) is 0 Å². The summed E-state index contributed by atoms with van der Waals surface area (Å²) in [7, 11) is 1.72. The predicted octanol–water partition coefficient (Wildman–Crippen LogP) is 3.34. The quantitative estimate of drug-likeness (QED) is 0.776. The minimum atomic E-state index is -0.525. The molecule has 2 aliphatic rings. The highest BCUT2D eigenvalue weighted by molar-refractivity contribution is 4.96. The minimum absolute atomic E-state index is 0.0235. The van der Waals surface area contributed by atoms with Crippen LogP contribution in [0.3, 0.4) is 0 Å². The maximum atomic E-state index is 6.19. The molecule has 4 heteroatoms. The maximum Gasteiger partial charge on any atom is 0.163 e. The van der Waals surface area contributed by atoms with Gasteiger partial charge in [0.2, 0.25) is 0 Å². The molecular weight excluding hydrogens is 256 g/mol. The molecule has 0 aromatic rings. The van der Waals surface area contributed by atoms with E-state index in [-0.39, 0.29) is 30.5 Å². The molecule has 0 amide bonds. The Morgan fingerprint density at radius 3 is 2.35 bits per heavy atom. The van der Waals surface area contributed by atoms with E-state index in [0.29, 0.717) is 5.92 Å². The molecule has 0 saturated carbocycles. The number of fused-ring (bicyclic) bond motifs is 1. The second kappa shape index (κ2) is 6.30.